The number of esters is 1. The lowest BCUT2D eigenvalue weighted by Gasteiger charge is -2.15. The number of benzene rings is 1. The SMILES string of the molecule is CC(C)(Br)C(=O)Nc1ccc(C(=O)OCCBr)cc1. The third-order valence-electron chi connectivity index (χ3n) is 2.23. The van der Waals surface area contributed by atoms with E-state index in [-0.39, 0.29) is 11.9 Å². The Balaban J connectivity index is 2.67. The molecule has 0 heterocycles. The second kappa shape index (κ2) is 7.05. The summed E-state index contributed by atoms with van der Waals surface area (Å²) < 4.78 is 4.33. The number of carbonyl (C=O) groups excluding carboxylic acids is 2. The Kier molecular flexibility index (Phi) is 6.00. The number of alkyl halides is 2. The molecule has 0 radical (unpaired) electrons. The number of amides is 1. The Hall–Kier alpha value is -0.880. The van der Waals surface area contributed by atoms with Crippen molar-refractivity contribution in [3.8, 4) is 0 Å². The molecule has 0 atom stereocenters. The number of rotatable bonds is 5. The number of nitrogens with one attached hydrogen (secondary N) is 1. The standard InChI is InChI=1S/C13H15Br2NO3/c1-13(2,15)12(18)16-10-5-3-9(4-6-10)11(17)19-8-7-14/h3-6H,7-8H2,1-2H3,(H,16,18). The van der Waals surface area contributed by atoms with Crippen molar-refractivity contribution in [2.24, 2.45) is 0 Å². The molecule has 0 aliphatic heterocycles. The normalized spacial score (nSPS) is 10.9. The van der Waals surface area contributed by atoms with Crippen LogP contribution in [-0.2, 0) is 9.53 Å². The van der Waals surface area contributed by atoms with E-state index in [1.54, 1.807) is 38.1 Å². The Morgan fingerprint density at radius 2 is 1.84 bits per heavy atom. The third kappa shape index (κ3) is 5.32. The van der Waals surface area contributed by atoms with Crippen LogP contribution in [0.2, 0.25) is 0 Å². The summed E-state index contributed by atoms with van der Waals surface area (Å²) in [4.78, 5) is 23.3. The first-order valence-electron chi connectivity index (χ1n) is 5.68. The third-order valence-corrected chi connectivity index (χ3v) is 2.91. The average Bonchev–Trinajstić information content (AvgIpc) is 2.35. The molecule has 1 rings (SSSR count). The molecule has 1 amide bonds. The van der Waals surface area contributed by atoms with Gasteiger partial charge in [-0.1, -0.05) is 31.9 Å². The summed E-state index contributed by atoms with van der Waals surface area (Å²) in [5.74, 6) is -0.528. The summed E-state index contributed by atoms with van der Waals surface area (Å²) in [7, 11) is 0. The molecule has 1 N–H and O–H groups in total. The van der Waals surface area contributed by atoms with Gasteiger partial charge in [0.1, 0.15) is 6.61 Å². The zero-order valence-corrected chi connectivity index (χ0v) is 13.9. The van der Waals surface area contributed by atoms with Crippen LogP contribution in [0, 0.1) is 0 Å². The molecule has 1 aromatic rings. The van der Waals surface area contributed by atoms with Crippen LogP contribution < -0.4 is 5.32 Å². The van der Waals surface area contributed by atoms with Crippen LogP contribution in [0.5, 0.6) is 0 Å². The van der Waals surface area contributed by atoms with Gasteiger partial charge in [-0.25, -0.2) is 4.79 Å². The lowest BCUT2D eigenvalue weighted by atomic mass is 10.1. The molecular formula is C13H15Br2NO3. The highest BCUT2D eigenvalue weighted by atomic mass is 79.9. The second-order valence-electron chi connectivity index (χ2n) is 4.33. The van der Waals surface area contributed by atoms with Gasteiger partial charge in [-0.15, -0.1) is 0 Å². The molecule has 0 unspecified atom stereocenters. The summed E-state index contributed by atoms with van der Waals surface area (Å²) in [6.45, 7) is 3.85. The van der Waals surface area contributed by atoms with Crippen molar-refractivity contribution in [1.29, 1.82) is 0 Å². The first-order valence-corrected chi connectivity index (χ1v) is 7.59. The van der Waals surface area contributed by atoms with Crippen molar-refractivity contribution in [1.82, 2.24) is 0 Å². The van der Waals surface area contributed by atoms with Gasteiger partial charge in [0.15, 0.2) is 0 Å². The second-order valence-corrected chi connectivity index (χ2v) is 7.10. The van der Waals surface area contributed by atoms with E-state index < -0.39 is 4.32 Å². The largest absolute Gasteiger partial charge is 0.461 e. The fraction of sp³-hybridized carbons (Fsp3) is 0.385. The summed E-state index contributed by atoms with van der Waals surface area (Å²) in [5, 5.41) is 3.35. The fourth-order valence-corrected chi connectivity index (χ4v) is 1.44. The molecule has 0 fully saturated rings. The fourth-order valence-electron chi connectivity index (χ4n) is 1.18. The first-order chi connectivity index (χ1) is 8.84. The highest BCUT2D eigenvalue weighted by Crippen LogP contribution is 2.19. The molecule has 0 bridgehead atoms. The molecule has 6 heteroatoms. The van der Waals surface area contributed by atoms with Crippen LogP contribution in [0.4, 0.5) is 5.69 Å². The monoisotopic (exact) mass is 391 g/mol. The van der Waals surface area contributed by atoms with E-state index >= 15 is 0 Å². The number of carbonyl (C=O) groups is 2. The minimum Gasteiger partial charge on any atom is -0.461 e. The van der Waals surface area contributed by atoms with Crippen molar-refractivity contribution in [2.45, 2.75) is 18.2 Å². The van der Waals surface area contributed by atoms with Gasteiger partial charge in [-0.3, -0.25) is 4.79 Å². The van der Waals surface area contributed by atoms with Crippen molar-refractivity contribution in [2.75, 3.05) is 17.3 Å². The van der Waals surface area contributed by atoms with Crippen molar-refractivity contribution in [3.05, 3.63) is 29.8 Å². The summed E-state index contributed by atoms with van der Waals surface area (Å²) >= 11 is 6.46. The predicted octanol–water partition coefficient (Wildman–Crippen LogP) is 3.35. The summed E-state index contributed by atoms with van der Waals surface area (Å²) in [5.41, 5.74) is 1.09. The molecular weight excluding hydrogens is 378 g/mol. The zero-order chi connectivity index (χ0) is 14.5. The Morgan fingerprint density at radius 1 is 1.26 bits per heavy atom. The van der Waals surface area contributed by atoms with Crippen LogP contribution in [0.15, 0.2) is 24.3 Å². The first kappa shape index (κ1) is 16.2. The van der Waals surface area contributed by atoms with Gasteiger partial charge >= 0.3 is 5.97 Å². The van der Waals surface area contributed by atoms with E-state index in [1.165, 1.54) is 0 Å². The van der Waals surface area contributed by atoms with Crippen LogP contribution in [0.3, 0.4) is 0 Å². The van der Waals surface area contributed by atoms with Crippen molar-refractivity contribution < 1.29 is 14.3 Å². The number of halogens is 2. The summed E-state index contributed by atoms with van der Waals surface area (Å²) in [6, 6.07) is 6.57. The quantitative estimate of drug-likeness (QED) is 0.617. The molecule has 104 valence electrons. The van der Waals surface area contributed by atoms with E-state index in [2.05, 4.69) is 37.2 Å². The molecule has 1 aromatic carbocycles. The minimum atomic E-state index is -0.638. The molecule has 4 nitrogen and oxygen atoms in total. The van der Waals surface area contributed by atoms with Gasteiger partial charge in [-0.05, 0) is 38.1 Å². The van der Waals surface area contributed by atoms with E-state index in [0.29, 0.717) is 23.2 Å². The topological polar surface area (TPSA) is 55.4 Å². The molecule has 19 heavy (non-hydrogen) atoms. The van der Waals surface area contributed by atoms with E-state index in [9.17, 15) is 9.59 Å². The lowest BCUT2D eigenvalue weighted by Crippen LogP contribution is -2.30. The van der Waals surface area contributed by atoms with Crippen LogP contribution >= 0.6 is 31.9 Å². The molecule has 0 saturated carbocycles. The molecule has 0 aromatic heterocycles. The predicted molar refractivity (Wildman–Crippen MR) is 82.2 cm³/mol. The van der Waals surface area contributed by atoms with Gasteiger partial charge < -0.3 is 10.1 Å². The van der Waals surface area contributed by atoms with Gasteiger partial charge in [0.05, 0.1) is 9.89 Å². The molecule has 0 aliphatic rings. The Bertz CT molecular complexity index is 452. The smallest absolute Gasteiger partial charge is 0.338 e. The Labute approximate surface area is 129 Å². The highest BCUT2D eigenvalue weighted by molar-refractivity contribution is 9.10. The number of ether oxygens (including phenoxy) is 1. The number of hydrogen-bond acceptors (Lipinski definition) is 3. The van der Waals surface area contributed by atoms with Gasteiger partial charge in [-0.2, -0.15) is 0 Å². The average molecular weight is 393 g/mol. The van der Waals surface area contributed by atoms with Gasteiger partial charge in [0.2, 0.25) is 5.91 Å². The molecule has 0 spiro atoms. The highest BCUT2D eigenvalue weighted by Gasteiger charge is 2.23. The lowest BCUT2D eigenvalue weighted by molar-refractivity contribution is -0.117. The van der Waals surface area contributed by atoms with Crippen molar-refractivity contribution in [3.63, 3.8) is 0 Å². The maximum Gasteiger partial charge on any atom is 0.338 e. The molecule has 0 aliphatic carbocycles. The zero-order valence-electron chi connectivity index (χ0n) is 10.7. The van der Waals surface area contributed by atoms with Gasteiger partial charge in [0, 0.05) is 11.0 Å². The Morgan fingerprint density at radius 3 is 2.32 bits per heavy atom. The maximum atomic E-state index is 11.7. The minimum absolute atomic E-state index is 0.151. The van der Waals surface area contributed by atoms with Crippen LogP contribution in [-0.4, -0.2) is 28.1 Å². The van der Waals surface area contributed by atoms with E-state index in [1.807, 2.05) is 0 Å². The van der Waals surface area contributed by atoms with Gasteiger partial charge in [0.25, 0.3) is 0 Å². The van der Waals surface area contributed by atoms with Crippen molar-refractivity contribution >= 4 is 49.4 Å². The number of anilines is 1. The maximum absolute atomic E-state index is 11.7. The van der Waals surface area contributed by atoms with Crippen LogP contribution in [0.1, 0.15) is 24.2 Å². The molecule has 0 saturated heterocycles. The summed E-state index contributed by atoms with van der Waals surface area (Å²) in [6.07, 6.45) is 0. The van der Waals surface area contributed by atoms with E-state index in [4.69, 9.17) is 4.74 Å². The number of hydrogen-bond donors (Lipinski definition) is 1. The van der Waals surface area contributed by atoms with Crippen LogP contribution in [0.25, 0.3) is 0 Å². The van der Waals surface area contributed by atoms with E-state index in [0.717, 1.165) is 0 Å².